The highest BCUT2D eigenvalue weighted by Gasteiger charge is 2.42. The summed E-state index contributed by atoms with van der Waals surface area (Å²) in [6, 6.07) is 18.8. The van der Waals surface area contributed by atoms with Crippen LogP contribution in [0.1, 0.15) is 144 Å². The van der Waals surface area contributed by atoms with Crippen molar-refractivity contribution in [1.29, 1.82) is 0 Å². The van der Waals surface area contributed by atoms with Crippen LogP contribution in [0.2, 0.25) is 0 Å². The van der Waals surface area contributed by atoms with Crippen LogP contribution >= 0.6 is 11.3 Å². The van der Waals surface area contributed by atoms with Gasteiger partial charge in [-0.2, -0.15) is 0 Å². The fourth-order valence-corrected chi connectivity index (χ4v) is 10.7. The number of halogens is 2. The molecule has 0 spiro atoms. The number of anilines is 1. The summed E-state index contributed by atoms with van der Waals surface area (Å²) in [5.74, 6) is -1.37. The number of rotatable bonds is 35. The van der Waals surface area contributed by atoms with Crippen molar-refractivity contribution in [2.75, 3.05) is 44.8 Å². The summed E-state index contributed by atoms with van der Waals surface area (Å²) >= 11 is 1.60. The molecule has 1 unspecified atom stereocenters. The number of carbonyl (C=O) groups is 5. The minimum absolute atomic E-state index is 0.0103. The highest BCUT2D eigenvalue weighted by Crippen LogP contribution is 2.29. The average molecular weight is 1190 g/mol. The smallest absolute Gasteiger partial charge is 0.251 e. The summed E-state index contributed by atoms with van der Waals surface area (Å²) in [5, 5.41) is 23.8. The highest BCUT2D eigenvalue weighted by molar-refractivity contribution is 7.13. The zero-order valence-corrected chi connectivity index (χ0v) is 50.3. The van der Waals surface area contributed by atoms with Gasteiger partial charge in [0.1, 0.15) is 35.7 Å². The van der Waals surface area contributed by atoms with E-state index in [-0.39, 0.29) is 42.3 Å². The van der Waals surface area contributed by atoms with Gasteiger partial charge < -0.3 is 45.5 Å². The van der Waals surface area contributed by atoms with Gasteiger partial charge in [-0.15, -0.1) is 21.5 Å². The summed E-state index contributed by atoms with van der Waals surface area (Å²) in [6.45, 7) is 12.2. The van der Waals surface area contributed by atoms with Crippen LogP contribution < -0.4 is 26.6 Å². The summed E-state index contributed by atoms with van der Waals surface area (Å²) in [4.78, 5) is 81.6. The summed E-state index contributed by atoms with van der Waals surface area (Å²) < 4.78 is 41.8. The molecule has 1 aliphatic rings. The molecule has 3 aromatic carbocycles. The normalized spacial score (nSPS) is 13.6. The van der Waals surface area contributed by atoms with E-state index in [0.717, 1.165) is 91.6 Å². The van der Waals surface area contributed by atoms with Gasteiger partial charge in [0.15, 0.2) is 11.6 Å². The van der Waals surface area contributed by atoms with Crippen molar-refractivity contribution in [3.63, 3.8) is 0 Å². The Bertz CT molecular complexity index is 3060. The van der Waals surface area contributed by atoms with Gasteiger partial charge >= 0.3 is 0 Å². The van der Waals surface area contributed by atoms with Gasteiger partial charge in [-0.25, -0.2) is 23.7 Å². The largest absolute Gasteiger partial charge is 0.381 e. The van der Waals surface area contributed by atoms with E-state index in [1.807, 2.05) is 62.0 Å². The number of thiazole rings is 1. The number of unbranched alkanes of at least 4 members (excludes halogenated alkanes) is 6. The molecule has 2 atom stereocenters. The van der Waals surface area contributed by atoms with E-state index in [1.54, 1.807) is 52.8 Å². The van der Waals surface area contributed by atoms with E-state index in [1.165, 1.54) is 12.4 Å². The number of benzene rings is 3. The number of carbonyl (C=O) groups excluding carboxylic acids is 5. The Balaban J connectivity index is 0.681. The molecule has 19 nitrogen and oxygen atoms in total. The zero-order chi connectivity index (χ0) is 60.4. The van der Waals surface area contributed by atoms with Gasteiger partial charge in [0.2, 0.25) is 23.6 Å². The molecule has 0 radical (unpaired) electrons. The minimum Gasteiger partial charge on any atom is -0.381 e. The summed E-state index contributed by atoms with van der Waals surface area (Å²) in [5.41, 5.74) is 5.65. The number of aryl methyl sites for hydroxylation is 1. The Morgan fingerprint density at radius 2 is 1.42 bits per heavy atom. The third kappa shape index (κ3) is 20.6. The molecule has 3 aromatic heterocycles. The molecular formula is C63H82F2N12O7S. The van der Waals surface area contributed by atoms with Gasteiger partial charge in [-0.3, -0.25) is 24.0 Å². The van der Waals surface area contributed by atoms with Gasteiger partial charge in [0, 0.05) is 95.0 Å². The number of hydrogen-bond donors (Lipinski definition) is 5. The second-order valence-corrected chi connectivity index (χ2v) is 23.2. The van der Waals surface area contributed by atoms with Crippen molar-refractivity contribution in [3.8, 4) is 22.0 Å². The van der Waals surface area contributed by atoms with Crippen LogP contribution in [0.15, 0.2) is 90.8 Å². The van der Waals surface area contributed by atoms with Crippen LogP contribution in [0, 0.1) is 24.0 Å². The molecule has 1 saturated heterocycles. The van der Waals surface area contributed by atoms with Gasteiger partial charge in [-0.05, 0) is 124 Å². The number of nitrogens with one attached hydrogen (secondary N) is 5. The Morgan fingerprint density at radius 1 is 0.741 bits per heavy atom. The minimum atomic E-state index is -0.752. The molecule has 5 amide bonds. The molecule has 456 valence electrons. The van der Waals surface area contributed by atoms with E-state index >= 15 is 0 Å². The van der Waals surface area contributed by atoms with E-state index in [2.05, 4.69) is 51.7 Å². The lowest BCUT2D eigenvalue weighted by atomic mass is 9.85. The topological polar surface area (TPSA) is 237 Å². The number of ether oxygens (including phenoxy) is 2. The molecule has 0 aliphatic carbocycles. The lowest BCUT2D eigenvalue weighted by Crippen LogP contribution is -2.57. The van der Waals surface area contributed by atoms with Crippen LogP contribution in [0.5, 0.6) is 0 Å². The predicted molar refractivity (Wildman–Crippen MR) is 323 cm³/mol. The van der Waals surface area contributed by atoms with Crippen molar-refractivity contribution >= 4 is 46.6 Å². The predicted octanol–water partition coefficient (Wildman–Crippen LogP) is 9.66. The van der Waals surface area contributed by atoms with Crippen molar-refractivity contribution in [1.82, 2.24) is 55.9 Å². The highest BCUT2D eigenvalue weighted by atomic mass is 32.1. The number of hydrogen-bond acceptors (Lipinski definition) is 14. The molecule has 6 aromatic rings. The SMILES string of the molecule is Cc1ncsc1-c1ccc(CNC(=O)[C@@H]2CCCN2C(=O)C(NC(=O)CCCCCOCCCCCOCCCCCC(=O)NCCCn2c(CNc3cccc(C(=O)NCc4c(F)cccc4F)c3)nnc2-c2ccncn2)C(C)(C)C)cc1. The van der Waals surface area contributed by atoms with Crippen molar-refractivity contribution in [2.24, 2.45) is 5.41 Å². The lowest BCUT2D eigenvalue weighted by molar-refractivity contribution is -0.143. The van der Waals surface area contributed by atoms with Crippen LogP contribution in [0.3, 0.4) is 0 Å². The Kier molecular flexibility index (Phi) is 25.8. The molecule has 5 N–H and O–H groups in total. The van der Waals surface area contributed by atoms with Crippen LogP contribution in [0.4, 0.5) is 14.5 Å². The molecule has 1 fully saturated rings. The summed E-state index contributed by atoms with van der Waals surface area (Å²) in [7, 11) is 0. The van der Waals surface area contributed by atoms with E-state index in [4.69, 9.17) is 9.47 Å². The Hall–Kier alpha value is -7.56. The average Bonchev–Trinajstić information content (AvgIpc) is 4.44. The summed E-state index contributed by atoms with van der Waals surface area (Å²) in [6.07, 6.45) is 13.5. The standard InChI is InChI=1S/C63H82F2N12O7S/c1-44-57(85-43-72-44)46-27-25-45(26-28-46)39-69-61(81)53-22-16-32-76(53)62(82)58(63(2,3)4)73-56(79)24-9-6-11-35-84-37-13-7-12-36-83-34-10-5-8-23-55(78)67-30-17-33-77-54(74-75-59(77)52-29-31-66-42-71-52)41-68-48-19-14-18-47(38-48)60(80)70-40-49-50(64)20-15-21-51(49)65/h14-15,18-21,25-29,31,38,42-43,53,58,68H,5-13,16-17,22-24,30,32-37,39-41H2,1-4H3,(H,67,78)(H,69,81)(H,70,80)(H,73,79)/t53-,58?/m0/s1. The van der Waals surface area contributed by atoms with Gasteiger partial charge in [-0.1, -0.05) is 70.0 Å². The Labute approximate surface area is 501 Å². The second kappa shape index (κ2) is 33.8. The first-order chi connectivity index (χ1) is 41.2. The lowest BCUT2D eigenvalue weighted by Gasteiger charge is -2.35. The molecule has 0 saturated carbocycles. The monoisotopic (exact) mass is 1190 g/mol. The molecule has 0 bridgehead atoms. The number of aromatic nitrogens is 6. The second-order valence-electron chi connectivity index (χ2n) is 22.4. The van der Waals surface area contributed by atoms with Crippen molar-refractivity contribution < 1.29 is 42.2 Å². The van der Waals surface area contributed by atoms with Crippen molar-refractivity contribution in [2.45, 2.75) is 156 Å². The first-order valence-corrected chi connectivity index (χ1v) is 30.6. The molecule has 1 aliphatic heterocycles. The quantitative estimate of drug-likeness (QED) is 0.0233. The maximum absolute atomic E-state index is 14.1. The van der Waals surface area contributed by atoms with Crippen molar-refractivity contribution in [3.05, 3.63) is 131 Å². The van der Waals surface area contributed by atoms with E-state index in [0.29, 0.717) is 113 Å². The molecule has 22 heteroatoms. The number of amides is 5. The number of likely N-dealkylation sites (tertiary alicyclic amines) is 1. The Morgan fingerprint density at radius 3 is 2.08 bits per heavy atom. The fraction of sp³-hybridized carbons (Fsp3) is 0.492. The maximum Gasteiger partial charge on any atom is 0.251 e. The maximum atomic E-state index is 14.1. The molecule has 85 heavy (non-hydrogen) atoms. The third-order valence-electron chi connectivity index (χ3n) is 14.7. The van der Waals surface area contributed by atoms with Crippen LogP contribution in [-0.4, -0.2) is 116 Å². The third-order valence-corrected chi connectivity index (χ3v) is 15.7. The fourth-order valence-electron chi connectivity index (χ4n) is 9.92. The molecular weight excluding hydrogens is 1110 g/mol. The van der Waals surface area contributed by atoms with E-state index in [9.17, 15) is 32.8 Å². The first-order valence-electron chi connectivity index (χ1n) is 29.7. The molecule has 4 heterocycles. The first kappa shape index (κ1) is 65.0. The van der Waals surface area contributed by atoms with Gasteiger partial charge in [0.05, 0.1) is 22.6 Å². The number of nitrogens with zero attached hydrogens (tertiary/aromatic N) is 7. The van der Waals surface area contributed by atoms with E-state index < -0.39 is 35.0 Å². The van der Waals surface area contributed by atoms with Gasteiger partial charge in [0.25, 0.3) is 5.91 Å². The zero-order valence-electron chi connectivity index (χ0n) is 49.4. The molecule has 7 rings (SSSR count). The van der Waals surface area contributed by atoms with Crippen LogP contribution in [-0.2, 0) is 54.8 Å². The van der Waals surface area contributed by atoms with Crippen LogP contribution in [0.25, 0.3) is 22.0 Å².